The summed E-state index contributed by atoms with van der Waals surface area (Å²) in [5.74, 6) is 1.89. The third kappa shape index (κ3) is 4.28. The lowest BCUT2D eigenvalue weighted by Crippen LogP contribution is -2.47. The number of anilines is 3. The monoisotopic (exact) mass is 391 g/mol. The van der Waals surface area contributed by atoms with Crippen molar-refractivity contribution in [1.82, 2.24) is 14.9 Å². The molecule has 0 N–H and O–H groups in total. The van der Waals surface area contributed by atoms with Crippen molar-refractivity contribution < 1.29 is 0 Å². The van der Waals surface area contributed by atoms with Gasteiger partial charge in [-0.05, 0) is 44.7 Å². The van der Waals surface area contributed by atoms with Crippen LogP contribution in [0.1, 0.15) is 16.8 Å². The Morgan fingerprint density at radius 1 is 0.828 bits per heavy atom. The molecule has 2 fully saturated rings. The Morgan fingerprint density at radius 3 is 2.14 bits per heavy atom. The predicted molar refractivity (Wildman–Crippen MR) is 117 cm³/mol. The molecular weight excluding hydrogens is 362 g/mol. The largest absolute Gasteiger partial charge is 0.368 e. The van der Waals surface area contributed by atoms with E-state index in [0.717, 1.165) is 80.9 Å². The minimum atomic E-state index is 0.750. The minimum absolute atomic E-state index is 0.750. The Bertz CT molecular complexity index is 904. The van der Waals surface area contributed by atoms with Crippen molar-refractivity contribution in [3.63, 3.8) is 0 Å². The zero-order valence-corrected chi connectivity index (χ0v) is 17.6. The lowest BCUT2D eigenvalue weighted by Gasteiger charge is -2.37. The van der Waals surface area contributed by atoms with E-state index in [1.807, 2.05) is 13.0 Å². The average molecular weight is 392 g/mol. The van der Waals surface area contributed by atoms with Gasteiger partial charge in [0, 0.05) is 69.8 Å². The number of hydrogen-bond donors (Lipinski definition) is 0. The van der Waals surface area contributed by atoms with Crippen molar-refractivity contribution in [1.29, 1.82) is 5.26 Å². The van der Waals surface area contributed by atoms with Crippen LogP contribution in [0.3, 0.4) is 0 Å². The average Bonchev–Trinajstić information content (AvgIpc) is 2.74. The van der Waals surface area contributed by atoms with Crippen molar-refractivity contribution >= 4 is 17.5 Å². The first-order valence-corrected chi connectivity index (χ1v) is 10.3. The maximum atomic E-state index is 9.14. The van der Waals surface area contributed by atoms with E-state index in [2.05, 4.69) is 57.8 Å². The number of aromatic nitrogens is 2. The van der Waals surface area contributed by atoms with Gasteiger partial charge in [-0.15, -0.1) is 0 Å². The Balaban J connectivity index is 1.44. The van der Waals surface area contributed by atoms with E-state index in [1.54, 1.807) is 0 Å². The summed E-state index contributed by atoms with van der Waals surface area (Å²) in [5.41, 5.74) is 4.00. The molecule has 0 amide bonds. The van der Waals surface area contributed by atoms with Crippen LogP contribution in [0.5, 0.6) is 0 Å². The number of piperazine rings is 2. The molecule has 2 aliphatic rings. The van der Waals surface area contributed by atoms with Gasteiger partial charge in [-0.2, -0.15) is 10.2 Å². The molecule has 2 saturated heterocycles. The van der Waals surface area contributed by atoms with Crippen molar-refractivity contribution in [2.24, 2.45) is 0 Å². The molecular formula is C22H29N7. The fourth-order valence-corrected chi connectivity index (χ4v) is 4.01. The number of nitriles is 1. The lowest BCUT2D eigenvalue weighted by molar-refractivity contribution is 0.311. The summed E-state index contributed by atoms with van der Waals surface area (Å²) in [5, 5.41) is 9.14. The standard InChI is InChI=1S/C22H29N7/c1-17-14-20(5-4-19(17)16-23)27-10-12-28(13-11-27)21-15-18(2)24-22(25-21)29-8-6-26(3)7-9-29/h4-5,14-15H,6-13H2,1-3H3. The first-order valence-electron chi connectivity index (χ1n) is 10.3. The van der Waals surface area contributed by atoms with Gasteiger partial charge in [-0.25, -0.2) is 4.98 Å². The Morgan fingerprint density at radius 2 is 1.48 bits per heavy atom. The van der Waals surface area contributed by atoms with Gasteiger partial charge in [0.2, 0.25) is 5.95 Å². The molecule has 3 heterocycles. The van der Waals surface area contributed by atoms with Crippen molar-refractivity contribution in [2.45, 2.75) is 13.8 Å². The quantitative estimate of drug-likeness (QED) is 0.793. The van der Waals surface area contributed by atoms with Gasteiger partial charge in [0.05, 0.1) is 11.6 Å². The smallest absolute Gasteiger partial charge is 0.227 e. The molecule has 0 saturated carbocycles. The normalized spacial score (nSPS) is 18.1. The van der Waals surface area contributed by atoms with E-state index < -0.39 is 0 Å². The number of nitrogens with zero attached hydrogens (tertiary/aromatic N) is 7. The highest BCUT2D eigenvalue weighted by molar-refractivity contribution is 5.55. The molecule has 7 heteroatoms. The summed E-state index contributed by atoms with van der Waals surface area (Å²) >= 11 is 0. The van der Waals surface area contributed by atoms with Crippen LogP contribution in [0.2, 0.25) is 0 Å². The van der Waals surface area contributed by atoms with Crippen LogP contribution >= 0.6 is 0 Å². The number of rotatable bonds is 3. The minimum Gasteiger partial charge on any atom is -0.368 e. The fraction of sp³-hybridized carbons (Fsp3) is 0.500. The molecule has 0 spiro atoms. The molecule has 0 atom stereocenters. The summed E-state index contributed by atoms with van der Waals surface area (Å²) in [6.45, 7) is 11.9. The second-order valence-electron chi connectivity index (χ2n) is 8.04. The van der Waals surface area contributed by atoms with Crippen LogP contribution in [0, 0.1) is 25.2 Å². The molecule has 0 unspecified atom stereocenters. The molecule has 2 aromatic rings. The third-order valence-corrected chi connectivity index (χ3v) is 5.91. The second kappa shape index (κ2) is 8.26. The fourth-order valence-electron chi connectivity index (χ4n) is 4.01. The van der Waals surface area contributed by atoms with Gasteiger partial charge < -0.3 is 19.6 Å². The van der Waals surface area contributed by atoms with Gasteiger partial charge in [0.1, 0.15) is 5.82 Å². The highest BCUT2D eigenvalue weighted by Crippen LogP contribution is 2.23. The van der Waals surface area contributed by atoms with Gasteiger partial charge in [-0.1, -0.05) is 0 Å². The Hall–Kier alpha value is -2.85. The van der Waals surface area contributed by atoms with E-state index in [-0.39, 0.29) is 0 Å². The van der Waals surface area contributed by atoms with Crippen LogP contribution in [-0.4, -0.2) is 74.3 Å². The molecule has 0 aliphatic carbocycles. The predicted octanol–water partition coefficient (Wildman–Crippen LogP) is 2.04. The number of likely N-dealkylation sites (N-methyl/N-ethyl adjacent to an activating group) is 1. The molecule has 152 valence electrons. The van der Waals surface area contributed by atoms with Crippen molar-refractivity contribution in [3.8, 4) is 6.07 Å². The van der Waals surface area contributed by atoms with E-state index in [1.165, 1.54) is 5.69 Å². The zero-order valence-electron chi connectivity index (χ0n) is 17.6. The van der Waals surface area contributed by atoms with Crippen molar-refractivity contribution in [3.05, 3.63) is 41.1 Å². The molecule has 1 aromatic carbocycles. The van der Waals surface area contributed by atoms with Crippen LogP contribution in [-0.2, 0) is 0 Å². The van der Waals surface area contributed by atoms with E-state index in [4.69, 9.17) is 15.2 Å². The second-order valence-corrected chi connectivity index (χ2v) is 8.04. The Kier molecular flexibility index (Phi) is 5.54. The number of benzene rings is 1. The summed E-state index contributed by atoms with van der Waals surface area (Å²) in [7, 11) is 2.16. The Labute approximate surface area is 173 Å². The first-order chi connectivity index (χ1) is 14.0. The van der Waals surface area contributed by atoms with Crippen molar-refractivity contribution in [2.75, 3.05) is 74.1 Å². The molecule has 0 radical (unpaired) electrons. The third-order valence-electron chi connectivity index (χ3n) is 5.91. The van der Waals surface area contributed by atoms with Crippen LogP contribution in [0.15, 0.2) is 24.3 Å². The van der Waals surface area contributed by atoms with E-state index in [0.29, 0.717) is 0 Å². The SMILES string of the molecule is Cc1cc(N2CCN(c3ccc(C#N)c(C)c3)CC2)nc(N2CCN(C)CC2)n1. The van der Waals surface area contributed by atoms with E-state index >= 15 is 0 Å². The van der Waals surface area contributed by atoms with Crippen LogP contribution < -0.4 is 14.7 Å². The maximum absolute atomic E-state index is 9.14. The van der Waals surface area contributed by atoms with Crippen LogP contribution in [0.4, 0.5) is 17.5 Å². The molecule has 2 aliphatic heterocycles. The maximum Gasteiger partial charge on any atom is 0.227 e. The first kappa shape index (κ1) is 19.5. The molecule has 1 aromatic heterocycles. The summed E-state index contributed by atoms with van der Waals surface area (Å²) in [6.07, 6.45) is 0. The highest BCUT2D eigenvalue weighted by atomic mass is 15.3. The van der Waals surface area contributed by atoms with E-state index in [9.17, 15) is 0 Å². The molecule has 4 rings (SSSR count). The molecule has 0 bridgehead atoms. The molecule has 7 nitrogen and oxygen atoms in total. The number of hydrogen-bond acceptors (Lipinski definition) is 7. The summed E-state index contributed by atoms with van der Waals surface area (Å²) in [6, 6.07) is 10.4. The van der Waals surface area contributed by atoms with Gasteiger partial charge in [0.15, 0.2) is 0 Å². The molecule has 29 heavy (non-hydrogen) atoms. The van der Waals surface area contributed by atoms with Crippen LogP contribution in [0.25, 0.3) is 0 Å². The van der Waals surface area contributed by atoms with Gasteiger partial charge in [0.25, 0.3) is 0 Å². The summed E-state index contributed by atoms with van der Waals surface area (Å²) < 4.78 is 0. The zero-order chi connectivity index (χ0) is 20.4. The number of aryl methyl sites for hydroxylation is 2. The summed E-state index contributed by atoms with van der Waals surface area (Å²) in [4.78, 5) is 19.0. The van der Waals surface area contributed by atoms with Gasteiger partial charge >= 0.3 is 0 Å². The van der Waals surface area contributed by atoms with Gasteiger partial charge in [-0.3, -0.25) is 0 Å². The topological polar surface area (TPSA) is 62.5 Å². The lowest BCUT2D eigenvalue weighted by atomic mass is 10.1. The highest BCUT2D eigenvalue weighted by Gasteiger charge is 2.22.